The third-order valence-corrected chi connectivity index (χ3v) is 4.95. The molecule has 1 aliphatic carbocycles. The zero-order valence-electron chi connectivity index (χ0n) is 15.7. The van der Waals surface area contributed by atoms with Crippen LogP contribution in [0.4, 0.5) is 29.3 Å². The van der Waals surface area contributed by atoms with Crippen molar-refractivity contribution in [2.24, 2.45) is 11.7 Å². The SMILES string of the molecule is Nc1nc(NCc2ccccc2OC(F)(F)F)nc(CC2CCC(N)CC2)c1F. The Kier molecular flexibility index (Phi) is 6.41. The fourth-order valence-electron chi connectivity index (χ4n) is 3.44. The van der Waals surface area contributed by atoms with Crippen LogP contribution in [0, 0.1) is 11.7 Å². The Morgan fingerprint density at radius 2 is 1.79 bits per heavy atom. The number of nitrogens with one attached hydrogen (secondary N) is 1. The van der Waals surface area contributed by atoms with Crippen molar-refractivity contribution < 1.29 is 22.3 Å². The first-order chi connectivity index (χ1) is 13.7. The van der Waals surface area contributed by atoms with Gasteiger partial charge in [0.05, 0.1) is 5.69 Å². The first-order valence-corrected chi connectivity index (χ1v) is 9.36. The number of rotatable bonds is 6. The predicted octanol–water partition coefficient (Wildman–Crippen LogP) is 3.77. The van der Waals surface area contributed by atoms with Gasteiger partial charge in [0.1, 0.15) is 5.75 Å². The lowest BCUT2D eigenvalue weighted by molar-refractivity contribution is -0.274. The number of para-hydroxylation sites is 1. The molecule has 5 N–H and O–H groups in total. The first kappa shape index (κ1) is 21.1. The number of aromatic nitrogens is 2. The summed E-state index contributed by atoms with van der Waals surface area (Å²) in [5, 5.41) is 2.80. The summed E-state index contributed by atoms with van der Waals surface area (Å²) in [6.07, 6.45) is -0.858. The number of alkyl halides is 3. The standard InChI is InChI=1S/C19H23F4N5O/c20-16-14(9-11-5-7-13(24)8-6-11)27-18(28-17(16)25)26-10-12-3-1-2-4-15(12)29-19(21,22)23/h1-4,11,13H,5-10,24H2,(H3,25,26,27,28). The van der Waals surface area contributed by atoms with E-state index in [0.717, 1.165) is 25.7 Å². The maximum Gasteiger partial charge on any atom is 0.573 e. The largest absolute Gasteiger partial charge is 0.573 e. The summed E-state index contributed by atoms with van der Waals surface area (Å²) in [6.45, 7) is -0.0466. The maximum absolute atomic E-state index is 14.4. The molecule has 3 rings (SSSR count). The maximum atomic E-state index is 14.4. The van der Waals surface area contributed by atoms with Gasteiger partial charge in [-0.05, 0) is 44.1 Å². The topological polar surface area (TPSA) is 99.1 Å². The highest BCUT2D eigenvalue weighted by Crippen LogP contribution is 2.29. The normalized spacial score (nSPS) is 19.8. The van der Waals surface area contributed by atoms with Crippen molar-refractivity contribution in [2.45, 2.75) is 51.1 Å². The fourth-order valence-corrected chi connectivity index (χ4v) is 3.44. The monoisotopic (exact) mass is 413 g/mol. The lowest BCUT2D eigenvalue weighted by Gasteiger charge is -2.26. The van der Waals surface area contributed by atoms with Crippen LogP contribution < -0.4 is 21.5 Å². The van der Waals surface area contributed by atoms with Gasteiger partial charge in [0.25, 0.3) is 0 Å². The Bertz CT molecular complexity index is 838. The molecule has 0 amide bonds. The van der Waals surface area contributed by atoms with Gasteiger partial charge < -0.3 is 21.5 Å². The lowest BCUT2D eigenvalue weighted by Crippen LogP contribution is -2.27. The highest BCUT2D eigenvalue weighted by molar-refractivity contribution is 5.42. The molecule has 0 unspecified atom stereocenters. The third kappa shape index (κ3) is 5.93. The van der Waals surface area contributed by atoms with Crippen LogP contribution in [-0.2, 0) is 13.0 Å². The summed E-state index contributed by atoms with van der Waals surface area (Å²) in [5.74, 6) is -0.988. The van der Waals surface area contributed by atoms with E-state index in [-0.39, 0.29) is 47.3 Å². The minimum absolute atomic E-state index is 0.0466. The van der Waals surface area contributed by atoms with E-state index in [1.807, 2.05) is 0 Å². The molecule has 10 heteroatoms. The number of hydrogen-bond acceptors (Lipinski definition) is 6. The molecule has 0 radical (unpaired) electrons. The van der Waals surface area contributed by atoms with Gasteiger partial charge in [0.2, 0.25) is 5.95 Å². The first-order valence-electron chi connectivity index (χ1n) is 9.36. The predicted molar refractivity (Wildman–Crippen MR) is 100 cm³/mol. The third-order valence-electron chi connectivity index (χ3n) is 4.95. The van der Waals surface area contributed by atoms with Crippen LogP contribution in [0.15, 0.2) is 24.3 Å². The summed E-state index contributed by atoms with van der Waals surface area (Å²) in [4.78, 5) is 8.05. The molecule has 1 aliphatic rings. The summed E-state index contributed by atoms with van der Waals surface area (Å²) in [6, 6.07) is 5.89. The van der Waals surface area contributed by atoms with E-state index in [1.165, 1.54) is 18.2 Å². The minimum Gasteiger partial charge on any atom is -0.405 e. The Hall–Kier alpha value is -2.62. The molecule has 0 bridgehead atoms. The fraction of sp³-hybridized carbons (Fsp3) is 0.474. The number of nitrogens with zero attached hydrogens (tertiary/aromatic N) is 2. The zero-order chi connectivity index (χ0) is 21.0. The minimum atomic E-state index is -4.80. The lowest BCUT2D eigenvalue weighted by atomic mass is 9.83. The second-order valence-corrected chi connectivity index (χ2v) is 7.19. The number of benzene rings is 1. The number of nitrogens with two attached hydrogens (primary N) is 2. The van der Waals surface area contributed by atoms with Gasteiger partial charge in [0.15, 0.2) is 11.6 Å². The molecule has 0 saturated heterocycles. The van der Waals surface area contributed by atoms with Crippen LogP contribution in [0.25, 0.3) is 0 Å². The summed E-state index contributed by atoms with van der Waals surface area (Å²) in [5.41, 5.74) is 12.0. The van der Waals surface area contributed by atoms with Crippen molar-refractivity contribution in [2.75, 3.05) is 11.1 Å². The number of hydrogen-bond donors (Lipinski definition) is 3. The summed E-state index contributed by atoms with van der Waals surface area (Å²) >= 11 is 0. The molecule has 0 aliphatic heterocycles. The summed E-state index contributed by atoms with van der Waals surface area (Å²) in [7, 11) is 0. The van der Waals surface area contributed by atoms with Gasteiger partial charge >= 0.3 is 6.36 Å². The second kappa shape index (κ2) is 8.81. The molecule has 1 saturated carbocycles. The van der Waals surface area contributed by atoms with E-state index >= 15 is 0 Å². The second-order valence-electron chi connectivity index (χ2n) is 7.19. The average Bonchev–Trinajstić information content (AvgIpc) is 2.65. The van der Waals surface area contributed by atoms with Crippen LogP contribution in [0.3, 0.4) is 0 Å². The average molecular weight is 413 g/mol. The molecule has 29 heavy (non-hydrogen) atoms. The van der Waals surface area contributed by atoms with Gasteiger partial charge in [-0.1, -0.05) is 18.2 Å². The smallest absolute Gasteiger partial charge is 0.405 e. The molecule has 1 heterocycles. The van der Waals surface area contributed by atoms with Gasteiger partial charge in [-0.3, -0.25) is 0 Å². The van der Waals surface area contributed by atoms with Crippen molar-refractivity contribution in [3.05, 3.63) is 41.3 Å². The number of ether oxygens (including phenoxy) is 1. The van der Waals surface area contributed by atoms with Gasteiger partial charge in [-0.25, -0.2) is 9.37 Å². The van der Waals surface area contributed by atoms with Crippen LogP contribution in [-0.4, -0.2) is 22.4 Å². The quantitative estimate of drug-likeness (QED) is 0.624. The number of nitrogen functional groups attached to an aromatic ring is 1. The molecular formula is C19H23F4N5O. The van der Waals surface area contributed by atoms with Crippen molar-refractivity contribution >= 4 is 11.8 Å². The van der Waals surface area contributed by atoms with Gasteiger partial charge in [-0.15, -0.1) is 13.2 Å². The van der Waals surface area contributed by atoms with Crippen molar-refractivity contribution in [3.8, 4) is 5.75 Å². The van der Waals surface area contributed by atoms with Crippen LogP contribution in [0.1, 0.15) is 36.9 Å². The molecule has 0 spiro atoms. The molecular weight excluding hydrogens is 390 g/mol. The van der Waals surface area contributed by atoms with Gasteiger partial charge in [0, 0.05) is 18.2 Å². The molecule has 6 nitrogen and oxygen atoms in total. The van der Waals surface area contributed by atoms with Crippen LogP contribution >= 0.6 is 0 Å². The molecule has 1 aromatic carbocycles. The molecule has 1 fully saturated rings. The Morgan fingerprint density at radius 3 is 2.48 bits per heavy atom. The van der Waals surface area contributed by atoms with E-state index in [4.69, 9.17) is 11.5 Å². The molecule has 1 aromatic heterocycles. The molecule has 2 aromatic rings. The van der Waals surface area contributed by atoms with Gasteiger partial charge in [-0.2, -0.15) is 4.98 Å². The number of halogens is 4. The van der Waals surface area contributed by atoms with E-state index < -0.39 is 12.2 Å². The zero-order valence-corrected chi connectivity index (χ0v) is 15.7. The number of anilines is 2. The van der Waals surface area contributed by atoms with Crippen molar-refractivity contribution in [1.29, 1.82) is 0 Å². The van der Waals surface area contributed by atoms with E-state index in [9.17, 15) is 17.6 Å². The highest BCUT2D eigenvalue weighted by Gasteiger charge is 2.32. The molecule has 0 atom stereocenters. The Morgan fingerprint density at radius 1 is 1.10 bits per heavy atom. The Balaban J connectivity index is 1.71. The van der Waals surface area contributed by atoms with E-state index in [2.05, 4.69) is 20.0 Å². The van der Waals surface area contributed by atoms with Crippen molar-refractivity contribution in [3.63, 3.8) is 0 Å². The van der Waals surface area contributed by atoms with Crippen molar-refractivity contribution in [1.82, 2.24) is 9.97 Å². The highest BCUT2D eigenvalue weighted by atomic mass is 19.4. The van der Waals surface area contributed by atoms with Crippen LogP contribution in [0.2, 0.25) is 0 Å². The summed E-state index contributed by atoms with van der Waals surface area (Å²) < 4.78 is 56.0. The molecule has 158 valence electrons. The van der Waals surface area contributed by atoms with E-state index in [0.29, 0.717) is 6.42 Å². The van der Waals surface area contributed by atoms with E-state index in [1.54, 1.807) is 6.07 Å². The Labute approximate surface area is 165 Å². The van der Waals surface area contributed by atoms with Crippen LogP contribution in [0.5, 0.6) is 5.75 Å².